The zero-order valence-electron chi connectivity index (χ0n) is 19.0. The van der Waals surface area contributed by atoms with E-state index >= 15 is 0 Å². The predicted molar refractivity (Wildman–Crippen MR) is 126 cm³/mol. The number of piperidine rings is 1. The van der Waals surface area contributed by atoms with Crippen molar-refractivity contribution in [3.63, 3.8) is 0 Å². The third-order valence-electron chi connectivity index (χ3n) is 6.20. The van der Waals surface area contributed by atoms with Crippen LogP contribution in [0.5, 0.6) is 11.5 Å². The van der Waals surface area contributed by atoms with Crippen molar-refractivity contribution >= 4 is 27.5 Å². The van der Waals surface area contributed by atoms with Gasteiger partial charge in [0.1, 0.15) is 17.1 Å². The molecule has 1 amide bonds. The van der Waals surface area contributed by atoms with Crippen LogP contribution in [0.2, 0.25) is 5.02 Å². The van der Waals surface area contributed by atoms with Crippen LogP contribution in [-0.4, -0.2) is 44.4 Å². The van der Waals surface area contributed by atoms with E-state index in [1.807, 2.05) is 32.0 Å². The standard InChI is InChI=1S/C24H29ClN2O5S/c1-24(2)14-21(20-11-8-18(31-3)13-22(20)32-24)26-23(28)16-5-4-12-27(15-16)33(29,30)19-9-6-17(25)7-10-19/h6-11,13,16,21H,4-5,12,14-15H2,1-3H3,(H,26,28)/t16-,21-/m0/s1. The molecule has 1 N–H and O–H groups in total. The lowest BCUT2D eigenvalue weighted by Crippen LogP contribution is -2.48. The smallest absolute Gasteiger partial charge is 0.243 e. The summed E-state index contributed by atoms with van der Waals surface area (Å²) in [4.78, 5) is 13.4. The van der Waals surface area contributed by atoms with Crippen LogP contribution in [0.4, 0.5) is 0 Å². The quantitative estimate of drug-likeness (QED) is 0.677. The van der Waals surface area contributed by atoms with Crippen molar-refractivity contribution in [3.05, 3.63) is 53.1 Å². The summed E-state index contributed by atoms with van der Waals surface area (Å²) in [6.07, 6.45) is 1.87. The van der Waals surface area contributed by atoms with Gasteiger partial charge in [-0.1, -0.05) is 11.6 Å². The highest BCUT2D eigenvalue weighted by Crippen LogP contribution is 2.41. The minimum Gasteiger partial charge on any atom is -0.497 e. The second-order valence-corrected chi connectivity index (χ2v) is 11.6. The molecule has 2 heterocycles. The fraction of sp³-hybridized carbons (Fsp3) is 0.458. The van der Waals surface area contributed by atoms with Gasteiger partial charge in [0, 0.05) is 36.2 Å². The van der Waals surface area contributed by atoms with E-state index in [4.69, 9.17) is 21.1 Å². The number of fused-ring (bicyclic) bond motifs is 1. The monoisotopic (exact) mass is 492 g/mol. The van der Waals surface area contributed by atoms with E-state index < -0.39 is 21.5 Å². The minimum absolute atomic E-state index is 0.143. The molecule has 2 atom stereocenters. The Labute approximate surface area is 200 Å². The van der Waals surface area contributed by atoms with Gasteiger partial charge in [-0.3, -0.25) is 4.79 Å². The van der Waals surface area contributed by atoms with Crippen molar-refractivity contribution in [3.8, 4) is 11.5 Å². The van der Waals surface area contributed by atoms with Gasteiger partial charge < -0.3 is 14.8 Å². The van der Waals surface area contributed by atoms with Crippen LogP contribution in [0.1, 0.15) is 44.7 Å². The number of hydrogen-bond acceptors (Lipinski definition) is 5. The van der Waals surface area contributed by atoms with Crippen molar-refractivity contribution in [2.75, 3.05) is 20.2 Å². The number of sulfonamides is 1. The molecule has 0 saturated carbocycles. The van der Waals surface area contributed by atoms with E-state index in [0.29, 0.717) is 42.3 Å². The van der Waals surface area contributed by atoms with Crippen LogP contribution in [0.15, 0.2) is 47.4 Å². The number of benzene rings is 2. The fourth-order valence-corrected chi connectivity index (χ4v) is 6.16. The Morgan fingerprint density at radius 1 is 1.21 bits per heavy atom. The molecule has 0 aliphatic carbocycles. The van der Waals surface area contributed by atoms with Crippen molar-refractivity contribution in [2.45, 2.75) is 49.6 Å². The van der Waals surface area contributed by atoms with E-state index in [9.17, 15) is 13.2 Å². The van der Waals surface area contributed by atoms with Gasteiger partial charge in [0.2, 0.25) is 15.9 Å². The number of nitrogens with zero attached hydrogens (tertiary/aromatic N) is 1. The fourth-order valence-electron chi connectivity index (χ4n) is 4.51. The number of rotatable bonds is 5. The second kappa shape index (κ2) is 9.16. The molecule has 178 valence electrons. The molecule has 9 heteroatoms. The molecule has 2 aromatic rings. The Kier molecular flexibility index (Phi) is 6.62. The highest BCUT2D eigenvalue weighted by atomic mass is 35.5. The minimum atomic E-state index is -3.69. The van der Waals surface area contributed by atoms with Gasteiger partial charge in [-0.25, -0.2) is 8.42 Å². The predicted octanol–water partition coefficient (Wildman–Crippen LogP) is 4.17. The van der Waals surface area contributed by atoms with Crippen LogP contribution in [0.25, 0.3) is 0 Å². The lowest BCUT2D eigenvalue weighted by Gasteiger charge is -2.39. The summed E-state index contributed by atoms with van der Waals surface area (Å²) in [7, 11) is -2.09. The molecule has 4 rings (SSSR count). The Hall–Kier alpha value is -2.29. The largest absolute Gasteiger partial charge is 0.497 e. The molecule has 2 aromatic carbocycles. The number of amides is 1. The zero-order valence-corrected chi connectivity index (χ0v) is 20.6. The molecular weight excluding hydrogens is 464 g/mol. The number of hydrogen-bond donors (Lipinski definition) is 1. The molecule has 0 unspecified atom stereocenters. The van der Waals surface area contributed by atoms with Gasteiger partial charge in [-0.2, -0.15) is 4.31 Å². The van der Waals surface area contributed by atoms with E-state index in [2.05, 4.69) is 5.32 Å². The summed E-state index contributed by atoms with van der Waals surface area (Å²) in [5, 5.41) is 3.63. The SMILES string of the molecule is COc1ccc2c(c1)OC(C)(C)C[C@@H]2NC(=O)[C@H]1CCCN(S(=O)(=O)c2ccc(Cl)cc2)C1. The summed E-state index contributed by atoms with van der Waals surface area (Å²) in [6, 6.07) is 11.5. The van der Waals surface area contributed by atoms with E-state index in [-0.39, 0.29) is 23.4 Å². The summed E-state index contributed by atoms with van der Waals surface area (Å²) in [6.45, 7) is 4.51. The van der Waals surface area contributed by atoms with Crippen molar-refractivity contribution in [1.82, 2.24) is 9.62 Å². The maximum Gasteiger partial charge on any atom is 0.243 e. The first-order chi connectivity index (χ1) is 15.6. The maximum absolute atomic E-state index is 13.2. The average Bonchev–Trinajstić information content (AvgIpc) is 2.78. The summed E-state index contributed by atoms with van der Waals surface area (Å²) < 4.78 is 39.0. The van der Waals surface area contributed by atoms with Crippen molar-refractivity contribution < 1.29 is 22.7 Å². The van der Waals surface area contributed by atoms with Gasteiger partial charge in [-0.15, -0.1) is 0 Å². The molecule has 33 heavy (non-hydrogen) atoms. The van der Waals surface area contributed by atoms with Crippen LogP contribution in [0.3, 0.4) is 0 Å². The van der Waals surface area contributed by atoms with Gasteiger partial charge >= 0.3 is 0 Å². The van der Waals surface area contributed by atoms with Gasteiger partial charge in [0.15, 0.2) is 0 Å². The number of carbonyl (C=O) groups excluding carboxylic acids is 1. The first-order valence-corrected chi connectivity index (χ1v) is 12.8. The Bertz CT molecular complexity index is 1130. The Balaban J connectivity index is 1.50. The van der Waals surface area contributed by atoms with Crippen LogP contribution < -0.4 is 14.8 Å². The molecule has 7 nitrogen and oxygen atoms in total. The maximum atomic E-state index is 13.2. The van der Waals surface area contributed by atoms with Crippen molar-refractivity contribution in [2.24, 2.45) is 5.92 Å². The lowest BCUT2D eigenvalue weighted by atomic mass is 9.88. The second-order valence-electron chi connectivity index (χ2n) is 9.19. The molecule has 0 spiro atoms. The number of ether oxygens (including phenoxy) is 2. The first kappa shape index (κ1) is 23.9. The Morgan fingerprint density at radius 3 is 2.64 bits per heavy atom. The summed E-state index contributed by atoms with van der Waals surface area (Å²) in [5.41, 5.74) is 0.429. The normalized spacial score (nSPS) is 22.7. The molecule has 0 bridgehead atoms. The van der Waals surface area contributed by atoms with E-state index in [1.54, 1.807) is 19.2 Å². The van der Waals surface area contributed by atoms with Gasteiger partial charge in [-0.05, 0) is 63.1 Å². The molecule has 0 aromatic heterocycles. The lowest BCUT2D eigenvalue weighted by molar-refractivity contribution is -0.127. The molecule has 0 radical (unpaired) electrons. The molecule has 2 aliphatic rings. The highest BCUT2D eigenvalue weighted by Gasteiger charge is 2.38. The average molecular weight is 493 g/mol. The highest BCUT2D eigenvalue weighted by molar-refractivity contribution is 7.89. The third-order valence-corrected chi connectivity index (χ3v) is 8.33. The molecular formula is C24H29ClN2O5S. The van der Waals surface area contributed by atoms with E-state index in [1.165, 1.54) is 16.4 Å². The van der Waals surface area contributed by atoms with Gasteiger partial charge in [0.05, 0.1) is 24.0 Å². The number of carbonyl (C=O) groups is 1. The summed E-state index contributed by atoms with van der Waals surface area (Å²) >= 11 is 5.90. The molecule has 1 fully saturated rings. The molecule has 2 aliphatic heterocycles. The topological polar surface area (TPSA) is 84.9 Å². The number of halogens is 1. The van der Waals surface area contributed by atoms with Crippen LogP contribution in [0, 0.1) is 5.92 Å². The Morgan fingerprint density at radius 2 is 1.94 bits per heavy atom. The third kappa shape index (κ3) is 5.13. The number of methoxy groups -OCH3 is 1. The van der Waals surface area contributed by atoms with Crippen LogP contribution in [-0.2, 0) is 14.8 Å². The zero-order chi connectivity index (χ0) is 23.8. The number of nitrogens with one attached hydrogen (secondary N) is 1. The van der Waals surface area contributed by atoms with Crippen LogP contribution >= 0.6 is 11.6 Å². The molecule has 1 saturated heterocycles. The first-order valence-electron chi connectivity index (χ1n) is 11.0. The van der Waals surface area contributed by atoms with E-state index in [0.717, 1.165) is 5.56 Å². The summed E-state index contributed by atoms with van der Waals surface area (Å²) in [5.74, 6) is 0.808. The van der Waals surface area contributed by atoms with Gasteiger partial charge in [0.25, 0.3) is 0 Å². The van der Waals surface area contributed by atoms with Crippen molar-refractivity contribution in [1.29, 1.82) is 0 Å².